The summed E-state index contributed by atoms with van der Waals surface area (Å²) < 4.78 is 12.6. The number of hydrogen-bond acceptors (Lipinski definition) is 16. The molecule has 0 spiro atoms. The molecular formula is C82H139N15O9. The van der Waals surface area contributed by atoms with Gasteiger partial charge in [0.05, 0.1) is 29.5 Å². The fourth-order valence-corrected chi connectivity index (χ4v) is 17.6. The number of ether oxygens (including phenoxy) is 2. The average molecular weight is 1480 g/mol. The Bertz CT molecular complexity index is 2810. The van der Waals surface area contributed by atoms with Gasteiger partial charge in [0.1, 0.15) is 0 Å². The molecule has 24 heteroatoms. The fourth-order valence-electron chi connectivity index (χ4n) is 17.6. The van der Waals surface area contributed by atoms with E-state index < -0.39 is 6.41 Å². The Morgan fingerprint density at radius 3 is 1.15 bits per heavy atom. The molecular weight excluding hydrogens is 1340 g/mol. The summed E-state index contributed by atoms with van der Waals surface area (Å²) in [4.78, 5) is 104. The van der Waals surface area contributed by atoms with Crippen molar-refractivity contribution < 1.29 is 43.4 Å². The maximum atomic E-state index is 14.6. The quantitative estimate of drug-likeness (QED) is 0.0222. The Morgan fingerprint density at radius 1 is 0.396 bits per heavy atom. The van der Waals surface area contributed by atoms with Crippen molar-refractivity contribution in [3.8, 4) is 0 Å². The molecule has 1 saturated heterocycles. The molecule has 0 aromatic heterocycles. The minimum Gasteiger partial charge on any atom is -0.442 e. The van der Waals surface area contributed by atoms with Crippen LogP contribution < -0.4 is 16.0 Å². The van der Waals surface area contributed by atoms with Gasteiger partial charge in [0, 0.05) is 63.1 Å². The Morgan fingerprint density at radius 2 is 0.736 bits per heavy atom. The van der Waals surface area contributed by atoms with E-state index in [2.05, 4.69) is 26.3 Å². The standard InChI is InChI=1S/C82H139N15O9/c98-74(95(71-52-28-13-29-53-71)78(88-66-42-18-8-19-43-66)103-64-87-65-40-16-7-17-41-65)83-58-34-1-2-37-61-86-77-93(62-38-5-3-35-59-84-75(99)96(72-54-30-14-31-55-72)79(89-67-44-20-9-21-45-67)105-91-69-48-24-11-25-49-69)81(101)94(82(102)104-77)63-39-6-4-36-60-85-76(100)97(73-56-32-15-33-57-73)80(90-68-46-22-10-23-47-68)106-92-70-50-26-12-27-51-70/h66-68,71-73,82,102H,1-64H2,(H,83,98)(H,84,99)(H,85,100). The van der Waals surface area contributed by atoms with Crippen LogP contribution in [-0.4, -0.2) is 184 Å². The molecule has 9 aliphatic carbocycles. The van der Waals surface area contributed by atoms with Gasteiger partial charge in [0.25, 0.3) is 18.5 Å². The second kappa shape index (κ2) is 47.8. The minimum absolute atomic E-state index is 0.00526. The number of aliphatic hydroxyl groups excluding tert-OH is 1. The summed E-state index contributed by atoms with van der Waals surface area (Å²) in [6.07, 6.45) is 55.9. The maximum Gasteiger partial charge on any atom is 0.332 e. The van der Waals surface area contributed by atoms with E-state index in [0.29, 0.717) is 70.2 Å². The van der Waals surface area contributed by atoms with Crippen LogP contribution in [0.5, 0.6) is 0 Å². The van der Waals surface area contributed by atoms with Gasteiger partial charge in [0.15, 0.2) is 6.73 Å². The van der Waals surface area contributed by atoms with Gasteiger partial charge in [0.2, 0.25) is 0 Å². The molecule has 24 nitrogen and oxygen atoms in total. The number of oxime groups is 2. The second-order valence-corrected chi connectivity index (χ2v) is 32.4. The van der Waals surface area contributed by atoms with Crippen LogP contribution in [0.1, 0.15) is 366 Å². The van der Waals surface area contributed by atoms with Crippen molar-refractivity contribution in [1.29, 1.82) is 0 Å². The van der Waals surface area contributed by atoms with Gasteiger partial charge >= 0.3 is 36.2 Å². The predicted molar refractivity (Wildman–Crippen MR) is 423 cm³/mol. The summed E-state index contributed by atoms with van der Waals surface area (Å²) >= 11 is 0. The first-order valence-electron chi connectivity index (χ1n) is 43.8. The molecule has 8 amide bonds. The topological polar surface area (TPSA) is 264 Å². The number of nitrogens with zero attached hydrogens (tertiary/aromatic N) is 12. The summed E-state index contributed by atoms with van der Waals surface area (Å²) in [6, 6.07) is 0.912. The Balaban J connectivity index is 0.723. The van der Waals surface area contributed by atoms with E-state index in [0.717, 1.165) is 307 Å². The molecule has 4 N–H and O–H groups in total. The zero-order valence-corrected chi connectivity index (χ0v) is 65.4. The number of hydrogen-bond donors (Lipinski definition) is 4. The molecule has 596 valence electrons. The van der Waals surface area contributed by atoms with Crippen LogP contribution in [0.25, 0.3) is 0 Å². The van der Waals surface area contributed by atoms with Gasteiger partial charge in [-0.15, -0.1) is 0 Å². The molecule has 9 saturated carbocycles. The molecule has 0 radical (unpaired) electrons. The van der Waals surface area contributed by atoms with Crippen LogP contribution in [0, 0.1) is 0 Å². The van der Waals surface area contributed by atoms with Gasteiger partial charge in [-0.25, -0.2) is 58.7 Å². The predicted octanol–water partition coefficient (Wildman–Crippen LogP) is 18.2. The van der Waals surface area contributed by atoms with Gasteiger partial charge in [-0.1, -0.05) is 184 Å². The minimum atomic E-state index is -1.49. The van der Waals surface area contributed by atoms with E-state index in [1.807, 2.05) is 9.80 Å². The van der Waals surface area contributed by atoms with Crippen LogP contribution in [0.2, 0.25) is 0 Å². The average Bonchev–Trinajstić information content (AvgIpc) is 0.820. The number of rotatable bonds is 31. The van der Waals surface area contributed by atoms with Crippen LogP contribution in [-0.2, 0) is 19.1 Å². The number of urea groups is 4. The highest BCUT2D eigenvalue weighted by molar-refractivity contribution is 5.97. The molecule has 10 aliphatic rings. The number of amidine groups is 4. The van der Waals surface area contributed by atoms with Crippen LogP contribution in [0.4, 0.5) is 19.2 Å². The van der Waals surface area contributed by atoms with Gasteiger partial charge in [-0.05, 0) is 193 Å². The molecule has 1 aliphatic heterocycles. The Kier molecular flexibility index (Phi) is 37.1. The Labute approximate surface area is 636 Å². The lowest BCUT2D eigenvalue weighted by Crippen LogP contribution is -2.58. The second-order valence-electron chi connectivity index (χ2n) is 32.4. The highest BCUT2D eigenvalue weighted by Crippen LogP contribution is 2.32. The maximum absolute atomic E-state index is 14.6. The smallest absolute Gasteiger partial charge is 0.332 e. The van der Waals surface area contributed by atoms with Gasteiger partial charge in [-0.3, -0.25) is 9.89 Å². The lowest BCUT2D eigenvalue weighted by molar-refractivity contribution is -0.146. The van der Waals surface area contributed by atoms with Crippen molar-refractivity contribution in [1.82, 2.24) is 40.4 Å². The largest absolute Gasteiger partial charge is 0.442 e. The number of amides is 8. The number of carbonyl (C=O) groups is 4. The van der Waals surface area contributed by atoms with Crippen molar-refractivity contribution in [3.05, 3.63) is 0 Å². The Hall–Kier alpha value is -6.07. The third-order valence-electron chi connectivity index (χ3n) is 24.0. The van der Waals surface area contributed by atoms with Crippen molar-refractivity contribution in [2.75, 3.05) is 46.0 Å². The first-order valence-corrected chi connectivity index (χ1v) is 43.8. The number of aliphatic hydroxyl groups is 1. The fraction of sp³-hybridized carbons (Fsp3) is 0.866. The first kappa shape index (κ1) is 82.4. The zero-order valence-electron chi connectivity index (χ0n) is 65.4. The molecule has 0 aromatic carbocycles. The third kappa shape index (κ3) is 28.1. The number of aliphatic imine (C=N–C) groups is 5. The zero-order chi connectivity index (χ0) is 73.4. The lowest BCUT2D eigenvalue weighted by atomic mass is 9.94. The lowest BCUT2D eigenvalue weighted by Gasteiger charge is -2.39. The molecule has 1 atom stereocenters. The van der Waals surface area contributed by atoms with E-state index in [9.17, 15) is 24.3 Å². The van der Waals surface area contributed by atoms with E-state index in [-0.39, 0.29) is 73.1 Å². The summed E-state index contributed by atoms with van der Waals surface area (Å²) in [5, 5.41) is 30.6. The third-order valence-corrected chi connectivity index (χ3v) is 24.0. The summed E-state index contributed by atoms with van der Waals surface area (Å²) in [5.41, 5.74) is 3.32. The van der Waals surface area contributed by atoms with E-state index in [1.165, 1.54) is 68.4 Å². The highest BCUT2D eigenvalue weighted by atomic mass is 16.7. The van der Waals surface area contributed by atoms with Crippen LogP contribution >= 0.6 is 0 Å². The molecule has 10 rings (SSSR count). The molecule has 10 fully saturated rings. The number of unbranched alkanes of at least 4 members (excludes halogenated alkanes) is 9. The van der Waals surface area contributed by atoms with Crippen LogP contribution in [0.15, 0.2) is 35.3 Å². The number of carbonyl (C=O) groups excluding carboxylic acids is 4. The van der Waals surface area contributed by atoms with Crippen molar-refractivity contribution in [2.24, 2.45) is 35.3 Å². The van der Waals surface area contributed by atoms with Crippen LogP contribution in [0.3, 0.4) is 0 Å². The van der Waals surface area contributed by atoms with E-state index in [4.69, 9.17) is 44.1 Å². The van der Waals surface area contributed by atoms with Crippen molar-refractivity contribution in [2.45, 2.75) is 409 Å². The SMILES string of the molecule is O=C1N(CCCCCCNC(=O)N(C(=NC2CCCCC2)ON=C2CCCCC2)C2CCCCC2)C(=NCCCCCCNC(=O)N(C(=NC2CCCCC2)OCN=C2CCCCC2)C2CCCCC2)OC(O)N1CCCCCCNC(=O)N(C(=NC1CCCCC1)ON=C1CCCCC1)C1CCCCC1. The van der Waals surface area contributed by atoms with Gasteiger partial charge < -0.3 is 40.2 Å². The molecule has 106 heavy (non-hydrogen) atoms. The summed E-state index contributed by atoms with van der Waals surface area (Å²) in [6.45, 7) is 2.75. The summed E-state index contributed by atoms with van der Waals surface area (Å²) in [7, 11) is 0. The number of nitrogens with one attached hydrogen (secondary N) is 3. The molecule has 1 heterocycles. The molecule has 1 unspecified atom stereocenters. The molecule has 0 aromatic rings. The first-order chi connectivity index (χ1) is 52.2. The molecule has 0 bridgehead atoms. The normalized spacial score (nSPS) is 22.7. The van der Waals surface area contributed by atoms with E-state index in [1.54, 1.807) is 9.80 Å². The monoisotopic (exact) mass is 1480 g/mol. The summed E-state index contributed by atoms with van der Waals surface area (Å²) in [5.74, 6) is 0. The van der Waals surface area contributed by atoms with E-state index >= 15 is 0 Å². The highest BCUT2D eigenvalue weighted by Gasteiger charge is 2.39. The van der Waals surface area contributed by atoms with Crippen molar-refractivity contribution >= 4 is 65.3 Å². The van der Waals surface area contributed by atoms with Gasteiger partial charge in [-0.2, -0.15) is 0 Å². The van der Waals surface area contributed by atoms with Crippen molar-refractivity contribution in [3.63, 3.8) is 0 Å².